The Labute approximate surface area is 299 Å². The van der Waals surface area contributed by atoms with Crippen LogP contribution >= 0.6 is 22.9 Å². The minimum atomic E-state index is 0.701. The Morgan fingerprint density at radius 2 is 1.36 bits per heavy atom. The van der Waals surface area contributed by atoms with Crippen LogP contribution in [0.2, 0.25) is 5.02 Å². The summed E-state index contributed by atoms with van der Waals surface area (Å²) < 4.78 is 5.09. The number of allylic oxidation sites excluding steroid dienone is 4. The number of anilines is 3. The fraction of sp³-hybridized carbons (Fsp3) is 0.0435. The highest BCUT2D eigenvalue weighted by Gasteiger charge is 2.20. The third-order valence-corrected chi connectivity index (χ3v) is 11.4. The molecule has 2 nitrogen and oxygen atoms in total. The van der Waals surface area contributed by atoms with E-state index in [1.54, 1.807) is 0 Å². The lowest BCUT2D eigenvalue weighted by atomic mass is 10.0. The Morgan fingerprint density at radius 1 is 0.560 bits per heavy atom. The average molecular weight is 679 g/mol. The normalized spacial score (nSPS) is 13.2. The highest BCUT2D eigenvalue weighted by molar-refractivity contribution is 7.25. The van der Waals surface area contributed by atoms with Crippen LogP contribution in [-0.2, 0) is 0 Å². The largest absolute Gasteiger partial charge is 0.312 e. The van der Waals surface area contributed by atoms with E-state index in [9.17, 15) is 0 Å². The number of para-hydroxylation sites is 1. The summed E-state index contributed by atoms with van der Waals surface area (Å²) in [5.41, 5.74) is 9.22. The molecule has 9 aromatic rings. The van der Waals surface area contributed by atoms with Gasteiger partial charge in [-0.2, -0.15) is 0 Å². The van der Waals surface area contributed by atoms with E-state index in [1.165, 1.54) is 58.4 Å². The number of thiophene rings is 1. The van der Waals surface area contributed by atoms with Crippen LogP contribution in [-0.4, -0.2) is 4.57 Å². The highest BCUT2D eigenvalue weighted by Crippen LogP contribution is 2.44. The fourth-order valence-electron chi connectivity index (χ4n) is 7.78. The fourth-order valence-corrected chi connectivity index (χ4v) is 9.10. The van der Waals surface area contributed by atoms with Gasteiger partial charge in [-0.05, 0) is 96.1 Å². The SMILES string of the molecule is Clc1cc(-c2ccc3c4ccc5ccccc5c4n(C4=CC=CCC4)c3c2)cc(N(c2ccccc2)c2ccc3sc4ccccc4c3c2)c1. The molecule has 0 aliphatic heterocycles. The molecular weight excluding hydrogens is 648 g/mol. The lowest BCUT2D eigenvalue weighted by molar-refractivity contribution is 0.980. The summed E-state index contributed by atoms with van der Waals surface area (Å²) in [6, 6.07) is 52.7. The summed E-state index contributed by atoms with van der Waals surface area (Å²) in [7, 11) is 0. The molecular formula is C46H31ClN2S. The lowest BCUT2D eigenvalue weighted by Gasteiger charge is -2.26. The number of hydrogen-bond donors (Lipinski definition) is 0. The minimum absolute atomic E-state index is 0.701. The summed E-state index contributed by atoms with van der Waals surface area (Å²) in [6.07, 6.45) is 8.77. The van der Waals surface area contributed by atoms with Gasteiger partial charge in [0.15, 0.2) is 0 Å². The van der Waals surface area contributed by atoms with E-state index in [4.69, 9.17) is 11.6 Å². The molecule has 0 spiro atoms. The third kappa shape index (κ3) is 4.77. The average Bonchev–Trinajstić information content (AvgIpc) is 3.71. The Kier molecular flexibility index (Phi) is 6.90. The molecule has 1 aliphatic carbocycles. The van der Waals surface area contributed by atoms with Gasteiger partial charge in [0.2, 0.25) is 0 Å². The van der Waals surface area contributed by atoms with Crippen molar-refractivity contribution in [2.45, 2.75) is 12.8 Å². The maximum Gasteiger partial charge on any atom is 0.0616 e. The van der Waals surface area contributed by atoms with E-state index in [-0.39, 0.29) is 0 Å². The Morgan fingerprint density at radius 3 is 2.24 bits per heavy atom. The number of halogens is 1. The zero-order valence-corrected chi connectivity index (χ0v) is 28.8. The van der Waals surface area contributed by atoms with Crippen LogP contribution in [0.1, 0.15) is 12.8 Å². The van der Waals surface area contributed by atoms with Gasteiger partial charge in [0, 0.05) is 64.1 Å². The first-order valence-corrected chi connectivity index (χ1v) is 18.3. The van der Waals surface area contributed by atoms with Crippen molar-refractivity contribution in [2.75, 3.05) is 4.90 Å². The predicted octanol–water partition coefficient (Wildman–Crippen LogP) is 14.3. The minimum Gasteiger partial charge on any atom is -0.312 e. The van der Waals surface area contributed by atoms with Gasteiger partial charge < -0.3 is 9.47 Å². The van der Waals surface area contributed by atoms with Gasteiger partial charge in [-0.25, -0.2) is 0 Å². The summed E-state index contributed by atoms with van der Waals surface area (Å²) in [4.78, 5) is 2.32. The van der Waals surface area contributed by atoms with E-state index in [2.05, 4.69) is 173 Å². The van der Waals surface area contributed by atoms with Crippen molar-refractivity contribution in [3.8, 4) is 11.1 Å². The van der Waals surface area contributed by atoms with Crippen molar-refractivity contribution < 1.29 is 0 Å². The van der Waals surface area contributed by atoms with Crippen LogP contribution in [0.25, 0.3) is 69.6 Å². The first-order chi connectivity index (χ1) is 24.7. The second-order valence-electron chi connectivity index (χ2n) is 13.0. The molecule has 10 rings (SSSR count). The summed E-state index contributed by atoms with van der Waals surface area (Å²) in [6.45, 7) is 0. The summed E-state index contributed by atoms with van der Waals surface area (Å²) in [5.74, 6) is 0. The molecule has 0 unspecified atom stereocenters. The highest BCUT2D eigenvalue weighted by atomic mass is 35.5. The molecule has 0 radical (unpaired) electrons. The molecule has 1 aliphatic rings. The van der Waals surface area contributed by atoms with E-state index in [1.807, 2.05) is 11.3 Å². The Hall–Kier alpha value is -5.61. The Balaban J connectivity index is 1.18. The number of hydrogen-bond acceptors (Lipinski definition) is 2. The molecule has 0 N–H and O–H groups in total. The van der Waals surface area contributed by atoms with Crippen molar-refractivity contribution >= 4 is 98.4 Å². The molecule has 0 fully saturated rings. The number of aromatic nitrogens is 1. The smallest absolute Gasteiger partial charge is 0.0616 e. The number of rotatable bonds is 5. The van der Waals surface area contributed by atoms with E-state index < -0.39 is 0 Å². The lowest BCUT2D eigenvalue weighted by Crippen LogP contribution is -2.10. The van der Waals surface area contributed by atoms with Crippen LogP contribution in [0.4, 0.5) is 17.1 Å². The summed E-state index contributed by atoms with van der Waals surface area (Å²) in [5, 5.41) is 8.32. The van der Waals surface area contributed by atoms with E-state index >= 15 is 0 Å². The molecule has 0 saturated carbocycles. The maximum absolute atomic E-state index is 7.03. The molecule has 2 heterocycles. The zero-order valence-electron chi connectivity index (χ0n) is 27.2. The van der Waals surface area contributed by atoms with Crippen LogP contribution in [0.5, 0.6) is 0 Å². The van der Waals surface area contributed by atoms with Crippen molar-refractivity contribution in [1.29, 1.82) is 0 Å². The molecule has 0 atom stereocenters. The van der Waals surface area contributed by atoms with Gasteiger partial charge >= 0.3 is 0 Å². The Bertz CT molecular complexity index is 2840. The zero-order chi connectivity index (χ0) is 33.2. The van der Waals surface area contributed by atoms with Crippen LogP contribution in [0, 0.1) is 0 Å². The molecule has 2 aromatic heterocycles. The first-order valence-electron chi connectivity index (χ1n) is 17.1. The third-order valence-electron chi connectivity index (χ3n) is 10.0. The molecule has 0 saturated heterocycles. The second kappa shape index (κ2) is 11.8. The van der Waals surface area contributed by atoms with Gasteiger partial charge in [-0.15, -0.1) is 11.3 Å². The molecule has 0 bridgehead atoms. The van der Waals surface area contributed by atoms with Crippen LogP contribution in [0.15, 0.2) is 164 Å². The number of fused-ring (bicyclic) bond motifs is 8. The van der Waals surface area contributed by atoms with E-state index in [0.29, 0.717) is 5.02 Å². The van der Waals surface area contributed by atoms with Gasteiger partial charge in [-0.1, -0.05) is 109 Å². The van der Waals surface area contributed by atoms with Gasteiger partial charge in [-0.3, -0.25) is 0 Å². The standard InChI is InChI=1S/C46H31ClN2S/c47-33-25-32(26-37(28-33)48(34-12-3-1-4-13-34)36-21-24-45-42(29-36)40-17-9-10-18-44(40)50-45)31-20-22-39-41-23-19-30-11-7-8-16-38(30)46(41)49(43(39)27-31)35-14-5-2-6-15-35/h1-5,7-14,16-29H,6,15H2. The van der Waals surface area contributed by atoms with Gasteiger partial charge in [0.05, 0.1) is 11.0 Å². The quantitative estimate of drug-likeness (QED) is 0.176. The second-order valence-corrected chi connectivity index (χ2v) is 14.5. The van der Waals surface area contributed by atoms with Crippen molar-refractivity contribution in [1.82, 2.24) is 4.57 Å². The first kappa shape index (κ1) is 29.3. The van der Waals surface area contributed by atoms with E-state index in [0.717, 1.165) is 41.0 Å². The number of benzene rings is 7. The van der Waals surface area contributed by atoms with Crippen molar-refractivity contribution in [3.05, 3.63) is 169 Å². The summed E-state index contributed by atoms with van der Waals surface area (Å²) >= 11 is 8.87. The predicted molar refractivity (Wildman–Crippen MR) is 218 cm³/mol. The monoisotopic (exact) mass is 678 g/mol. The molecule has 4 heteroatoms. The van der Waals surface area contributed by atoms with Crippen LogP contribution < -0.4 is 4.90 Å². The van der Waals surface area contributed by atoms with Gasteiger partial charge in [0.1, 0.15) is 0 Å². The van der Waals surface area contributed by atoms with Crippen LogP contribution in [0.3, 0.4) is 0 Å². The van der Waals surface area contributed by atoms with Crippen molar-refractivity contribution in [3.63, 3.8) is 0 Å². The number of nitrogens with zero attached hydrogens (tertiary/aromatic N) is 2. The topological polar surface area (TPSA) is 8.17 Å². The molecule has 238 valence electrons. The van der Waals surface area contributed by atoms with Gasteiger partial charge in [0.25, 0.3) is 0 Å². The molecule has 0 amide bonds. The molecule has 50 heavy (non-hydrogen) atoms. The van der Waals surface area contributed by atoms with Crippen molar-refractivity contribution in [2.24, 2.45) is 0 Å². The maximum atomic E-state index is 7.03. The molecule has 7 aromatic carbocycles.